The van der Waals surface area contributed by atoms with Gasteiger partial charge in [0.15, 0.2) is 11.6 Å². The van der Waals surface area contributed by atoms with Gasteiger partial charge in [-0.2, -0.15) is 0 Å². The van der Waals surface area contributed by atoms with E-state index in [0.717, 1.165) is 24.9 Å². The summed E-state index contributed by atoms with van der Waals surface area (Å²) in [4.78, 5) is 0. The first kappa shape index (κ1) is 17.9. The summed E-state index contributed by atoms with van der Waals surface area (Å²) >= 11 is 0. The van der Waals surface area contributed by atoms with Crippen LogP contribution in [-0.4, -0.2) is 32.9 Å². The van der Waals surface area contributed by atoms with E-state index in [9.17, 15) is 4.39 Å². The summed E-state index contributed by atoms with van der Waals surface area (Å²) in [5.74, 6) is 0.360. The van der Waals surface area contributed by atoms with Gasteiger partial charge in [0.2, 0.25) is 0 Å². The maximum absolute atomic E-state index is 13.8. The molecule has 120 valence electrons. The van der Waals surface area contributed by atoms with E-state index >= 15 is 0 Å². The van der Waals surface area contributed by atoms with E-state index in [2.05, 4.69) is 26.1 Å². The third-order valence-corrected chi connectivity index (χ3v) is 3.65. The molecule has 0 fully saturated rings. The second-order valence-corrected chi connectivity index (χ2v) is 5.68. The van der Waals surface area contributed by atoms with Crippen molar-refractivity contribution in [3.63, 3.8) is 0 Å². The van der Waals surface area contributed by atoms with Crippen molar-refractivity contribution in [3.05, 3.63) is 29.6 Å². The molecule has 1 N–H and O–H groups in total. The first-order valence-corrected chi connectivity index (χ1v) is 7.62. The van der Waals surface area contributed by atoms with Crippen LogP contribution >= 0.6 is 0 Å². The minimum atomic E-state index is -0.317. The fraction of sp³-hybridized carbons (Fsp3) is 0.647. The van der Waals surface area contributed by atoms with Gasteiger partial charge in [-0.05, 0) is 43.0 Å². The standard InChI is InChI=1S/C17H28FNO2/c1-6-9-19-15(17(21-5)12(2)3)11-13-7-8-16(20-4)14(18)10-13/h7-8,10,12,15,17,19H,6,9,11H2,1-5H3. The van der Waals surface area contributed by atoms with Crippen molar-refractivity contribution < 1.29 is 13.9 Å². The molecule has 2 atom stereocenters. The highest BCUT2D eigenvalue weighted by atomic mass is 19.1. The minimum Gasteiger partial charge on any atom is -0.494 e. The van der Waals surface area contributed by atoms with Crippen molar-refractivity contribution in [2.75, 3.05) is 20.8 Å². The largest absolute Gasteiger partial charge is 0.494 e. The Hall–Kier alpha value is -1.13. The average molecular weight is 297 g/mol. The molecule has 0 aliphatic carbocycles. The van der Waals surface area contributed by atoms with Gasteiger partial charge in [0.25, 0.3) is 0 Å². The van der Waals surface area contributed by atoms with Gasteiger partial charge in [0.1, 0.15) is 0 Å². The molecule has 0 aliphatic heterocycles. The van der Waals surface area contributed by atoms with Crippen LogP contribution < -0.4 is 10.1 Å². The fourth-order valence-electron chi connectivity index (χ4n) is 2.63. The lowest BCUT2D eigenvalue weighted by atomic mass is 9.93. The highest BCUT2D eigenvalue weighted by molar-refractivity contribution is 5.29. The average Bonchev–Trinajstić information content (AvgIpc) is 2.45. The molecule has 0 radical (unpaired) electrons. The zero-order chi connectivity index (χ0) is 15.8. The van der Waals surface area contributed by atoms with E-state index in [1.54, 1.807) is 19.2 Å². The van der Waals surface area contributed by atoms with E-state index in [0.29, 0.717) is 5.92 Å². The van der Waals surface area contributed by atoms with Crippen LogP contribution in [0.25, 0.3) is 0 Å². The second kappa shape index (κ2) is 9.00. The highest BCUT2D eigenvalue weighted by Gasteiger charge is 2.24. The normalized spacial score (nSPS) is 14.2. The van der Waals surface area contributed by atoms with E-state index in [1.165, 1.54) is 7.11 Å². The Balaban J connectivity index is 2.86. The zero-order valence-electron chi connectivity index (χ0n) is 13.8. The third kappa shape index (κ3) is 5.29. The molecule has 0 spiro atoms. The lowest BCUT2D eigenvalue weighted by molar-refractivity contribution is 0.0332. The summed E-state index contributed by atoms with van der Waals surface area (Å²) < 4.78 is 24.4. The summed E-state index contributed by atoms with van der Waals surface area (Å²) in [5, 5.41) is 3.52. The number of hydrogen-bond donors (Lipinski definition) is 1. The Morgan fingerprint density at radius 2 is 1.95 bits per heavy atom. The van der Waals surface area contributed by atoms with Gasteiger partial charge >= 0.3 is 0 Å². The minimum absolute atomic E-state index is 0.0988. The SMILES string of the molecule is CCCNC(Cc1ccc(OC)c(F)c1)C(OC)C(C)C. The van der Waals surface area contributed by atoms with Gasteiger partial charge in [-0.25, -0.2) is 4.39 Å². The van der Waals surface area contributed by atoms with Crippen LogP contribution in [-0.2, 0) is 11.2 Å². The number of benzene rings is 1. The Morgan fingerprint density at radius 1 is 1.24 bits per heavy atom. The molecule has 3 nitrogen and oxygen atoms in total. The molecule has 0 saturated carbocycles. The molecular formula is C17H28FNO2. The highest BCUT2D eigenvalue weighted by Crippen LogP contribution is 2.21. The lowest BCUT2D eigenvalue weighted by Gasteiger charge is -2.30. The first-order valence-electron chi connectivity index (χ1n) is 7.62. The fourth-order valence-corrected chi connectivity index (χ4v) is 2.63. The maximum atomic E-state index is 13.8. The van der Waals surface area contributed by atoms with Crippen molar-refractivity contribution in [2.24, 2.45) is 5.92 Å². The lowest BCUT2D eigenvalue weighted by Crippen LogP contribution is -2.45. The molecule has 0 bridgehead atoms. The number of methoxy groups -OCH3 is 2. The molecule has 1 rings (SSSR count). The van der Waals surface area contributed by atoms with Crippen LogP contribution in [0.5, 0.6) is 5.75 Å². The monoisotopic (exact) mass is 297 g/mol. The van der Waals surface area contributed by atoms with Gasteiger partial charge in [0, 0.05) is 13.2 Å². The van der Waals surface area contributed by atoms with Crippen LogP contribution in [0.3, 0.4) is 0 Å². The number of rotatable bonds is 9. The van der Waals surface area contributed by atoms with Gasteiger partial charge < -0.3 is 14.8 Å². The molecule has 21 heavy (non-hydrogen) atoms. The third-order valence-electron chi connectivity index (χ3n) is 3.65. The summed E-state index contributed by atoms with van der Waals surface area (Å²) in [6.45, 7) is 7.34. The topological polar surface area (TPSA) is 30.5 Å². The molecule has 0 aromatic heterocycles. The van der Waals surface area contributed by atoms with Gasteiger partial charge in [-0.3, -0.25) is 0 Å². The van der Waals surface area contributed by atoms with Crippen molar-refractivity contribution in [3.8, 4) is 5.75 Å². The van der Waals surface area contributed by atoms with Crippen LogP contribution in [0.1, 0.15) is 32.8 Å². The van der Waals surface area contributed by atoms with E-state index < -0.39 is 0 Å². The first-order chi connectivity index (χ1) is 10.0. The number of hydrogen-bond acceptors (Lipinski definition) is 3. The summed E-state index contributed by atoms with van der Waals surface area (Å²) in [6, 6.07) is 5.31. The zero-order valence-corrected chi connectivity index (χ0v) is 13.8. The van der Waals surface area contributed by atoms with Crippen molar-refractivity contribution in [1.29, 1.82) is 0 Å². The number of nitrogens with one attached hydrogen (secondary N) is 1. The molecule has 0 heterocycles. The Labute approximate surface area is 127 Å². The van der Waals surface area contributed by atoms with Gasteiger partial charge in [0.05, 0.1) is 13.2 Å². The second-order valence-electron chi connectivity index (χ2n) is 5.68. The van der Waals surface area contributed by atoms with E-state index in [-0.39, 0.29) is 23.7 Å². The predicted octanol–water partition coefficient (Wildman–Crippen LogP) is 3.42. The Morgan fingerprint density at radius 3 is 2.43 bits per heavy atom. The van der Waals surface area contributed by atoms with Crippen LogP contribution in [0.2, 0.25) is 0 Å². The molecule has 0 amide bonds. The van der Waals surface area contributed by atoms with Crippen LogP contribution in [0.4, 0.5) is 4.39 Å². The van der Waals surface area contributed by atoms with E-state index in [4.69, 9.17) is 9.47 Å². The quantitative estimate of drug-likeness (QED) is 0.757. The maximum Gasteiger partial charge on any atom is 0.165 e. The molecule has 1 aromatic rings. The Bertz CT molecular complexity index is 423. The molecule has 2 unspecified atom stereocenters. The predicted molar refractivity (Wildman–Crippen MR) is 84.4 cm³/mol. The summed E-state index contributed by atoms with van der Waals surface area (Å²) in [6.07, 6.45) is 1.89. The van der Waals surface area contributed by atoms with Gasteiger partial charge in [-0.15, -0.1) is 0 Å². The Kier molecular flexibility index (Phi) is 7.68. The van der Waals surface area contributed by atoms with Crippen molar-refractivity contribution in [1.82, 2.24) is 5.32 Å². The smallest absolute Gasteiger partial charge is 0.165 e. The molecular weight excluding hydrogens is 269 g/mol. The molecule has 0 aliphatic rings. The summed E-state index contributed by atoms with van der Waals surface area (Å²) in [5.41, 5.74) is 0.949. The molecule has 1 aromatic carbocycles. The van der Waals surface area contributed by atoms with E-state index in [1.807, 2.05) is 6.07 Å². The van der Waals surface area contributed by atoms with Gasteiger partial charge in [-0.1, -0.05) is 26.8 Å². The van der Waals surface area contributed by atoms with Crippen molar-refractivity contribution in [2.45, 2.75) is 45.8 Å². The summed E-state index contributed by atoms with van der Waals surface area (Å²) in [7, 11) is 3.21. The number of halogens is 1. The number of ether oxygens (including phenoxy) is 2. The van der Waals surface area contributed by atoms with Crippen molar-refractivity contribution >= 4 is 0 Å². The molecule has 4 heteroatoms. The van der Waals surface area contributed by atoms with Crippen LogP contribution in [0, 0.1) is 11.7 Å². The molecule has 0 saturated heterocycles. The van der Waals surface area contributed by atoms with Crippen LogP contribution in [0.15, 0.2) is 18.2 Å².